The van der Waals surface area contributed by atoms with Gasteiger partial charge in [0.1, 0.15) is 29.0 Å². The van der Waals surface area contributed by atoms with Gasteiger partial charge in [0.05, 0.1) is 16.4 Å². The summed E-state index contributed by atoms with van der Waals surface area (Å²) < 4.78 is 12.1. The lowest BCUT2D eigenvalue weighted by molar-refractivity contribution is -0.384. The lowest BCUT2D eigenvalue weighted by atomic mass is 10.1. The standard InChI is InChI=1S/C27H24N2O5S2/c1-18-12-19(2)14-23(13-18)33-10-11-34-24-9-8-22(29(31)32)15-21(24)16-25-26(30)28(27(35)36-25)17-20-6-4-3-5-7-20/h3-9,12-16H,10-11,17H2,1-2H3. The Balaban J connectivity index is 1.50. The topological polar surface area (TPSA) is 81.9 Å². The maximum Gasteiger partial charge on any atom is 0.270 e. The largest absolute Gasteiger partial charge is 0.490 e. The van der Waals surface area contributed by atoms with E-state index in [0.29, 0.717) is 33.7 Å². The smallest absolute Gasteiger partial charge is 0.270 e. The molecular weight excluding hydrogens is 496 g/mol. The fourth-order valence-electron chi connectivity index (χ4n) is 3.76. The molecule has 0 atom stereocenters. The minimum absolute atomic E-state index is 0.0974. The van der Waals surface area contributed by atoms with Crippen LogP contribution < -0.4 is 9.47 Å². The quantitative estimate of drug-likeness (QED) is 0.111. The van der Waals surface area contributed by atoms with Crippen LogP contribution in [0.2, 0.25) is 0 Å². The molecule has 0 N–H and O–H groups in total. The van der Waals surface area contributed by atoms with Crippen LogP contribution in [0.3, 0.4) is 0 Å². The third-order valence-electron chi connectivity index (χ3n) is 5.35. The summed E-state index contributed by atoms with van der Waals surface area (Å²) in [6.45, 7) is 4.88. The normalized spacial score (nSPS) is 14.4. The third-order valence-corrected chi connectivity index (χ3v) is 6.73. The van der Waals surface area contributed by atoms with Crippen molar-refractivity contribution in [3.05, 3.63) is 104 Å². The van der Waals surface area contributed by atoms with E-state index in [0.717, 1.165) is 22.4 Å². The number of aryl methyl sites for hydroxylation is 2. The first-order valence-electron chi connectivity index (χ1n) is 11.2. The van der Waals surface area contributed by atoms with E-state index in [9.17, 15) is 14.9 Å². The Morgan fingerprint density at radius 1 is 1.00 bits per heavy atom. The SMILES string of the molecule is Cc1cc(C)cc(OCCOc2ccc([N+](=O)[O-])cc2C=C2SC(=S)N(Cc3ccccc3)C2=O)c1. The van der Waals surface area contributed by atoms with Crippen molar-refractivity contribution in [2.24, 2.45) is 0 Å². The van der Waals surface area contributed by atoms with Crippen LogP contribution in [0.1, 0.15) is 22.3 Å². The van der Waals surface area contributed by atoms with Gasteiger partial charge < -0.3 is 9.47 Å². The number of nitro groups is 1. The Labute approximate surface area is 218 Å². The molecule has 0 radical (unpaired) electrons. The lowest BCUT2D eigenvalue weighted by Gasteiger charge is -2.14. The lowest BCUT2D eigenvalue weighted by Crippen LogP contribution is -2.27. The highest BCUT2D eigenvalue weighted by molar-refractivity contribution is 8.26. The fraction of sp³-hybridized carbons (Fsp3) is 0.185. The van der Waals surface area contributed by atoms with Gasteiger partial charge in [-0.05, 0) is 54.8 Å². The number of benzene rings is 3. The van der Waals surface area contributed by atoms with Gasteiger partial charge >= 0.3 is 0 Å². The second-order valence-corrected chi connectivity index (χ2v) is 9.93. The van der Waals surface area contributed by atoms with Crippen LogP contribution >= 0.6 is 24.0 Å². The molecule has 1 aliphatic rings. The molecule has 1 aliphatic heterocycles. The molecule has 0 spiro atoms. The molecule has 3 aromatic carbocycles. The molecule has 36 heavy (non-hydrogen) atoms. The van der Waals surface area contributed by atoms with Gasteiger partial charge in [0.15, 0.2) is 0 Å². The van der Waals surface area contributed by atoms with Crippen molar-refractivity contribution < 1.29 is 19.2 Å². The van der Waals surface area contributed by atoms with Crippen LogP contribution in [0.25, 0.3) is 6.08 Å². The van der Waals surface area contributed by atoms with Crippen molar-refractivity contribution in [2.75, 3.05) is 13.2 Å². The van der Waals surface area contributed by atoms with E-state index in [1.807, 2.05) is 56.3 Å². The maximum absolute atomic E-state index is 13.1. The molecule has 0 saturated carbocycles. The number of thioether (sulfide) groups is 1. The molecular formula is C27H24N2O5S2. The first-order chi connectivity index (χ1) is 17.3. The molecule has 1 amide bonds. The number of carbonyl (C=O) groups is 1. The predicted octanol–water partition coefficient (Wildman–Crippen LogP) is 6.07. The van der Waals surface area contributed by atoms with E-state index in [1.54, 1.807) is 6.08 Å². The zero-order valence-corrected chi connectivity index (χ0v) is 21.4. The number of hydrogen-bond acceptors (Lipinski definition) is 7. The van der Waals surface area contributed by atoms with Gasteiger partial charge in [0.25, 0.3) is 11.6 Å². The molecule has 0 bridgehead atoms. The van der Waals surface area contributed by atoms with Gasteiger partial charge in [-0.25, -0.2) is 0 Å². The molecule has 184 valence electrons. The average molecular weight is 521 g/mol. The van der Waals surface area contributed by atoms with E-state index in [4.69, 9.17) is 21.7 Å². The number of hydrogen-bond donors (Lipinski definition) is 0. The van der Waals surface area contributed by atoms with Crippen LogP contribution in [-0.4, -0.2) is 33.3 Å². The Bertz CT molecular complexity index is 1320. The van der Waals surface area contributed by atoms with Crippen molar-refractivity contribution >= 4 is 46.0 Å². The number of rotatable bonds is 9. The Kier molecular flexibility index (Phi) is 8.02. The fourth-order valence-corrected chi connectivity index (χ4v) is 5.01. The minimum atomic E-state index is -0.481. The van der Waals surface area contributed by atoms with Gasteiger partial charge in [0.2, 0.25) is 0 Å². The van der Waals surface area contributed by atoms with Gasteiger partial charge in [-0.15, -0.1) is 0 Å². The van der Waals surface area contributed by atoms with E-state index in [-0.39, 0.29) is 18.2 Å². The molecule has 7 nitrogen and oxygen atoms in total. The zero-order chi connectivity index (χ0) is 25.7. The van der Waals surface area contributed by atoms with Gasteiger partial charge in [-0.1, -0.05) is 60.4 Å². The number of non-ortho nitro benzene ring substituents is 1. The van der Waals surface area contributed by atoms with Gasteiger partial charge in [-0.3, -0.25) is 19.8 Å². The molecule has 1 fully saturated rings. The van der Waals surface area contributed by atoms with Crippen LogP contribution in [0, 0.1) is 24.0 Å². The van der Waals surface area contributed by atoms with E-state index < -0.39 is 4.92 Å². The summed E-state index contributed by atoms with van der Waals surface area (Å²) in [6.07, 6.45) is 1.59. The summed E-state index contributed by atoms with van der Waals surface area (Å²) in [5.41, 5.74) is 3.50. The number of thiocarbonyl (C=S) groups is 1. The molecule has 0 aromatic heterocycles. The Hall–Kier alpha value is -3.69. The van der Waals surface area contributed by atoms with Crippen LogP contribution in [0.15, 0.2) is 71.6 Å². The summed E-state index contributed by atoms with van der Waals surface area (Å²) in [7, 11) is 0. The van der Waals surface area contributed by atoms with Crippen molar-refractivity contribution in [1.29, 1.82) is 0 Å². The van der Waals surface area contributed by atoms with Crippen molar-refractivity contribution in [3.8, 4) is 11.5 Å². The van der Waals surface area contributed by atoms with E-state index in [2.05, 4.69) is 6.07 Å². The third kappa shape index (κ3) is 6.30. The number of nitrogens with zero attached hydrogens (tertiary/aromatic N) is 2. The van der Waals surface area contributed by atoms with Crippen molar-refractivity contribution in [3.63, 3.8) is 0 Å². The van der Waals surface area contributed by atoms with Crippen molar-refractivity contribution in [1.82, 2.24) is 4.90 Å². The van der Waals surface area contributed by atoms with E-state index >= 15 is 0 Å². The monoisotopic (exact) mass is 520 g/mol. The number of nitro benzene ring substituents is 1. The second-order valence-electron chi connectivity index (χ2n) is 8.25. The maximum atomic E-state index is 13.1. The molecule has 4 rings (SSSR count). The Morgan fingerprint density at radius 3 is 2.39 bits per heavy atom. The summed E-state index contributed by atoms with van der Waals surface area (Å²) >= 11 is 6.60. The molecule has 1 heterocycles. The predicted molar refractivity (Wildman–Crippen MR) is 145 cm³/mol. The molecule has 0 unspecified atom stereocenters. The first-order valence-corrected chi connectivity index (χ1v) is 12.4. The second kappa shape index (κ2) is 11.4. The number of amides is 1. The molecule has 3 aromatic rings. The summed E-state index contributed by atoms with van der Waals surface area (Å²) in [6, 6.07) is 19.8. The van der Waals surface area contributed by atoms with Crippen LogP contribution in [0.5, 0.6) is 11.5 Å². The average Bonchev–Trinajstić information content (AvgIpc) is 3.10. The summed E-state index contributed by atoms with van der Waals surface area (Å²) in [5.74, 6) is 0.921. The molecule has 0 aliphatic carbocycles. The minimum Gasteiger partial charge on any atom is -0.490 e. The highest BCUT2D eigenvalue weighted by atomic mass is 32.2. The van der Waals surface area contributed by atoms with Crippen LogP contribution in [0.4, 0.5) is 5.69 Å². The Morgan fingerprint density at radius 2 is 1.69 bits per heavy atom. The first kappa shape index (κ1) is 25.4. The highest BCUT2D eigenvalue weighted by Crippen LogP contribution is 2.36. The van der Waals surface area contributed by atoms with Crippen molar-refractivity contribution in [2.45, 2.75) is 20.4 Å². The molecule has 9 heteroatoms. The van der Waals surface area contributed by atoms with E-state index in [1.165, 1.54) is 34.9 Å². The van der Waals surface area contributed by atoms with Crippen LogP contribution in [-0.2, 0) is 11.3 Å². The summed E-state index contributed by atoms with van der Waals surface area (Å²) in [4.78, 5) is 25.9. The zero-order valence-electron chi connectivity index (χ0n) is 19.8. The van der Waals surface area contributed by atoms with Gasteiger partial charge in [-0.2, -0.15) is 0 Å². The summed E-state index contributed by atoms with van der Waals surface area (Å²) in [5, 5.41) is 11.4. The molecule has 1 saturated heterocycles. The highest BCUT2D eigenvalue weighted by Gasteiger charge is 2.32. The number of ether oxygens (including phenoxy) is 2. The number of carbonyl (C=O) groups excluding carboxylic acids is 1. The van der Waals surface area contributed by atoms with Gasteiger partial charge in [0, 0.05) is 17.7 Å².